The van der Waals surface area contributed by atoms with Gasteiger partial charge in [0.05, 0.1) is 4.90 Å². The number of nitrogens with one attached hydrogen (secondary N) is 1. The first-order valence-corrected chi connectivity index (χ1v) is 7.83. The predicted octanol–water partition coefficient (Wildman–Crippen LogP) is 1.67. The van der Waals surface area contributed by atoms with Crippen molar-refractivity contribution in [2.75, 3.05) is 0 Å². The molecule has 0 aromatic heterocycles. The van der Waals surface area contributed by atoms with E-state index in [1.54, 1.807) is 18.2 Å². The van der Waals surface area contributed by atoms with Gasteiger partial charge in [-0.3, -0.25) is 0 Å². The second-order valence-corrected chi connectivity index (χ2v) is 6.61. The number of aryl methyl sites for hydroxylation is 1. The summed E-state index contributed by atoms with van der Waals surface area (Å²) in [6, 6.07) is 5.22. The van der Waals surface area contributed by atoms with E-state index in [-0.39, 0.29) is 6.04 Å². The van der Waals surface area contributed by atoms with Crippen LogP contribution >= 0.6 is 0 Å². The lowest BCUT2D eigenvalue weighted by atomic mass is 10.1. The zero-order valence-electron chi connectivity index (χ0n) is 10.6. The van der Waals surface area contributed by atoms with Gasteiger partial charge in [-0.05, 0) is 43.0 Å². The lowest BCUT2D eigenvalue weighted by Gasteiger charge is -2.13. The summed E-state index contributed by atoms with van der Waals surface area (Å²) in [6.07, 6.45) is 4.11. The van der Waals surface area contributed by atoms with Gasteiger partial charge in [-0.1, -0.05) is 18.9 Å². The highest BCUT2D eigenvalue weighted by molar-refractivity contribution is 7.89. The fourth-order valence-corrected chi connectivity index (χ4v) is 3.79. The van der Waals surface area contributed by atoms with Crippen molar-refractivity contribution < 1.29 is 8.42 Å². The largest absolute Gasteiger partial charge is 0.326 e. The highest BCUT2D eigenvalue weighted by atomic mass is 32.2. The van der Waals surface area contributed by atoms with Crippen LogP contribution in [0.2, 0.25) is 0 Å². The van der Waals surface area contributed by atoms with Crippen molar-refractivity contribution in [1.82, 2.24) is 4.72 Å². The molecule has 1 aromatic carbocycles. The minimum atomic E-state index is -3.38. The third kappa shape index (κ3) is 2.91. The molecule has 1 aromatic rings. The van der Waals surface area contributed by atoms with Crippen LogP contribution in [0.4, 0.5) is 0 Å². The Morgan fingerprint density at radius 3 is 2.56 bits per heavy atom. The Morgan fingerprint density at radius 2 is 2.00 bits per heavy atom. The van der Waals surface area contributed by atoms with Gasteiger partial charge < -0.3 is 5.73 Å². The van der Waals surface area contributed by atoms with E-state index >= 15 is 0 Å². The standard InChI is InChI=1S/C13H20N2O2S/c1-10-8-13(7-6-11(10)9-14)18(16,17)15-12-4-2-3-5-12/h6-8,12,15H,2-5,9,14H2,1H3. The van der Waals surface area contributed by atoms with Crippen LogP contribution in [0.25, 0.3) is 0 Å². The first-order valence-electron chi connectivity index (χ1n) is 6.35. The molecule has 0 amide bonds. The summed E-state index contributed by atoms with van der Waals surface area (Å²) in [4.78, 5) is 0.337. The maximum atomic E-state index is 12.2. The summed E-state index contributed by atoms with van der Waals surface area (Å²) in [5.41, 5.74) is 7.48. The van der Waals surface area contributed by atoms with Crippen molar-refractivity contribution in [1.29, 1.82) is 0 Å². The summed E-state index contributed by atoms with van der Waals surface area (Å²) in [5, 5.41) is 0. The SMILES string of the molecule is Cc1cc(S(=O)(=O)NC2CCCC2)ccc1CN. The molecule has 0 heterocycles. The molecule has 1 saturated carbocycles. The molecular formula is C13H20N2O2S. The van der Waals surface area contributed by atoms with E-state index in [1.807, 2.05) is 6.92 Å². The Kier molecular flexibility index (Phi) is 4.04. The first-order chi connectivity index (χ1) is 8.53. The summed E-state index contributed by atoms with van der Waals surface area (Å²) < 4.78 is 27.2. The lowest BCUT2D eigenvalue weighted by Crippen LogP contribution is -2.32. The van der Waals surface area contributed by atoms with Crippen molar-refractivity contribution >= 4 is 10.0 Å². The van der Waals surface area contributed by atoms with Crippen LogP contribution in [0.5, 0.6) is 0 Å². The molecule has 0 saturated heterocycles. The monoisotopic (exact) mass is 268 g/mol. The number of nitrogens with two attached hydrogens (primary N) is 1. The highest BCUT2D eigenvalue weighted by Crippen LogP contribution is 2.21. The molecule has 1 fully saturated rings. The van der Waals surface area contributed by atoms with Crippen molar-refractivity contribution in [3.63, 3.8) is 0 Å². The molecule has 3 N–H and O–H groups in total. The zero-order valence-corrected chi connectivity index (χ0v) is 11.5. The van der Waals surface area contributed by atoms with Gasteiger partial charge >= 0.3 is 0 Å². The Bertz CT molecular complexity index is 520. The van der Waals surface area contributed by atoms with Crippen LogP contribution in [-0.4, -0.2) is 14.5 Å². The molecule has 0 unspecified atom stereocenters. The average molecular weight is 268 g/mol. The van der Waals surface area contributed by atoms with Gasteiger partial charge in [0.2, 0.25) is 10.0 Å². The quantitative estimate of drug-likeness (QED) is 0.872. The van der Waals surface area contributed by atoms with Crippen molar-refractivity contribution in [3.05, 3.63) is 29.3 Å². The van der Waals surface area contributed by atoms with Gasteiger partial charge in [0, 0.05) is 12.6 Å². The van der Waals surface area contributed by atoms with Crippen molar-refractivity contribution in [2.24, 2.45) is 5.73 Å². The predicted molar refractivity (Wildman–Crippen MR) is 71.6 cm³/mol. The normalized spacial score (nSPS) is 17.2. The molecule has 18 heavy (non-hydrogen) atoms. The minimum Gasteiger partial charge on any atom is -0.326 e. The topological polar surface area (TPSA) is 72.2 Å². The summed E-state index contributed by atoms with van der Waals surface area (Å²) in [7, 11) is -3.38. The third-order valence-electron chi connectivity index (χ3n) is 3.52. The van der Waals surface area contributed by atoms with Crippen LogP contribution in [0, 0.1) is 6.92 Å². The molecule has 0 radical (unpaired) electrons. The molecular weight excluding hydrogens is 248 g/mol. The Balaban J connectivity index is 2.21. The molecule has 1 aliphatic rings. The molecule has 4 nitrogen and oxygen atoms in total. The van der Waals surface area contributed by atoms with Gasteiger partial charge in [0.1, 0.15) is 0 Å². The molecule has 2 rings (SSSR count). The van der Waals surface area contributed by atoms with Crippen LogP contribution in [0.15, 0.2) is 23.1 Å². The highest BCUT2D eigenvalue weighted by Gasteiger charge is 2.23. The van der Waals surface area contributed by atoms with E-state index < -0.39 is 10.0 Å². The van der Waals surface area contributed by atoms with E-state index in [9.17, 15) is 8.42 Å². The number of sulfonamides is 1. The van der Waals surface area contributed by atoms with Crippen LogP contribution in [0.1, 0.15) is 36.8 Å². The van der Waals surface area contributed by atoms with Gasteiger partial charge in [-0.2, -0.15) is 0 Å². The van der Waals surface area contributed by atoms with Crippen LogP contribution < -0.4 is 10.5 Å². The van der Waals surface area contributed by atoms with E-state index in [1.165, 1.54) is 0 Å². The number of hydrogen-bond donors (Lipinski definition) is 2. The fraction of sp³-hybridized carbons (Fsp3) is 0.538. The van der Waals surface area contributed by atoms with Gasteiger partial charge in [-0.25, -0.2) is 13.1 Å². The summed E-state index contributed by atoms with van der Waals surface area (Å²) in [6.45, 7) is 2.32. The molecule has 5 heteroatoms. The maximum absolute atomic E-state index is 12.2. The lowest BCUT2D eigenvalue weighted by molar-refractivity contribution is 0.552. The van der Waals surface area contributed by atoms with Crippen molar-refractivity contribution in [3.8, 4) is 0 Å². The molecule has 0 atom stereocenters. The minimum absolute atomic E-state index is 0.101. The van der Waals surface area contributed by atoms with Crippen molar-refractivity contribution in [2.45, 2.75) is 50.1 Å². The molecule has 1 aliphatic carbocycles. The van der Waals surface area contributed by atoms with Gasteiger partial charge in [0.25, 0.3) is 0 Å². The van der Waals surface area contributed by atoms with E-state index in [0.717, 1.165) is 36.8 Å². The second kappa shape index (κ2) is 5.38. The molecule has 100 valence electrons. The van der Waals surface area contributed by atoms with Crippen LogP contribution in [-0.2, 0) is 16.6 Å². The van der Waals surface area contributed by atoms with Gasteiger partial charge in [0.15, 0.2) is 0 Å². The fourth-order valence-electron chi connectivity index (χ4n) is 2.40. The van der Waals surface area contributed by atoms with E-state index in [0.29, 0.717) is 11.4 Å². The Morgan fingerprint density at radius 1 is 1.33 bits per heavy atom. The maximum Gasteiger partial charge on any atom is 0.240 e. The number of rotatable bonds is 4. The van der Waals surface area contributed by atoms with E-state index in [4.69, 9.17) is 5.73 Å². The van der Waals surface area contributed by atoms with E-state index in [2.05, 4.69) is 4.72 Å². The summed E-state index contributed by atoms with van der Waals surface area (Å²) >= 11 is 0. The summed E-state index contributed by atoms with van der Waals surface area (Å²) in [5.74, 6) is 0. The van der Waals surface area contributed by atoms with Crippen LogP contribution in [0.3, 0.4) is 0 Å². The Labute approximate surface area is 109 Å². The second-order valence-electron chi connectivity index (χ2n) is 4.90. The Hall–Kier alpha value is -0.910. The third-order valence-corrected chi connectivity index (χ3v) is 5.04. The average Bonchev–Trinajstić information content (AvgIpc) is 2.81. The molecule has 0 bridgehead atoms. The van der Waals surface area contributed by atoms with Gasteiger partial charge in [-0.15, -0.1) is 0 Å². The molecule has 0 spiro atoms. The number of benzene rings is 1. The smallest absolute Gasteiger partial charge is 0.240 e. The molecule has 0 aliphatic heterocycles. The number of hydrogen-bond acceptors (Lipinski definition) is 3. The zero-order chi connectivity index (χ0) is 13.2. The first kappa shape index (κ1) is 13.5.